The van der Waals surface area contributed by atoms with E-state index in [0.29, 0.717) is 0 Å². The molecule has 1 heterocycles. The van der Waals surface area contributed by atoms with Crippen LogP contribution >= 0.6 is 0 Å². The lowest BCUT2D eigenvalue weighted by Gasteiger charge is -2.23. The largest absolute Gasteiger partial charge is 0.479 e. The van der Waals surface area contributed by atoms with Gasteiger partial charge in [0, 0.05) is 25.0 Å². The van der Waals surface area contributed by atoms with Crippen LogP contribution in [0.15, 0.2) is 48.5 Å². The van der Waals surface area contributed by atoms with Crippen LogP contribution in [0.5, 0.6) is 0 Å². The minimum Gasteiger partial charge on any atom is -0.479 e. The summed E-state index contributed by atoms with van der Waals surface area (Å²) in [6.45, 7) is -0.432. The molecular formula is C24H23F3N2O6. The second-order valence-corrected chi connectivity index (χ2v) is 8.37. The van der Waals surface area contributed by atoms with E-state index >= 15 is 0 Å². The van der Waals surface area contributed by atoms with Gasteiger partial charge < -0.3 is 25.2 Å². The number of alkyl halides is 3. The number of benzene rings is 2. The van der Waals surface area contributed by atoms with Gasteiger partial charge in [0.1, 0.15) is 6.61 Å². The van der Waals surface area contributed by atoms with Gasteiger partial charge in [-0.3, -0.25) is 4.79 Å². The molecule has 1 saturated heterocycles. The molecular weight excluding hydrogens is 469 g/mol. The van der Waals surface area contributed by atoms with Crippen LogP contribution in [0, 0.1) is 5.92 Å². The van der Waals surface area contributed by atoms with E-state index in [9.17, 15) is 27.6 Å². The van der Waals surface area contributed by atoms with Gasteiger partial charge in [0.15, 0.2) is 6.10 Å². The number of halogens is 3. The third kappa shape index (κ3) is 5.24. The fourth-order valence-electron chi connectivity index (χ4n) is 4.50. The Morgan fingerprint density at radius 2 is 1.66 bits per heavy atom. The molecule has 11 heteroatoms. The number of carboxylic acid groups (broad SMARTS) is 1. The lowest BCUT2D eigenvalue weighted by Crippen LogP contribution is -2.56. The monoisotopic (exact) mass is 492 g/mol. The van der Waals surface area contributed by atoms with E-state index in [1.807, 2.05) is 48.5 Å². The number of carbonyl (C=O) groups excluding carboxylic acids is 2. The fourth-order valence-corrected chi connectivity index (χ4v) is 4.50. The van der Waals surface area contributed by atoms with E-state index in [0.717, 1.165) is 22.3 Å². The Balaban J connectivity index is 1.38. The number of alkyl carbamates (subject to hydrolysis) is 1. The number of aliphatic carboxylic acids is 1. The van der Waals surface area contributed by atoms with Crippen molar-refractivity contribution in [3.8, 4) is 11.1 Å². The summed E-state index contributed by atoms with van der Waals surface area (Å²) in [6, 6.07) is 12.1. The summed E-state index contributed by atoms with van der Waals surface area (Å²) in [6.07, 6.45) is -7.42. The van der Waals surface area contributed by atoms with Crippen LogP contribution in [0.25, 0.3) is 11.1 Å². The smallest absolute Gasteiger partial charge is 0.417 e. The second kappa shape index (κ2) is 9.95. The average molecular weight is 492 g/mol. The summed E-state index contributed by atoms with van der Waals surface area (Å²) >= 11 is 0. The van der Waals surface area contributed by atoms with Gasteiger partial charge in [0.2, 0.25) is 6.04 Å². The van der Waals surface area contributed by atoms with Crippen molar-refractivity contribution in [3.63, 3.8) is 0 Å². The lowest BCUT2D eigenvalue weighted by atomic mass is 9.98. The summed E-state index contributed by atoms with van der Waals surface area (Å²) in [7, 11) is 0. The predicted octanol–water partition coefficient (Wildman–Crippen LogP) is 3.06. The molecule has 1 fully saturated rings. The molecule has 0 bridgehead atoms. The Kier molecular flexibility index (Phi) is 6.97. The maximum atomic E-state index is 13.5. The van der Waals surface area contributed by atoms with Crippen LogP contribution in [-0.2, 0) is 19.1 Å². The standard InChI is InChI=1S/C24H23F3N2O6/c25-24(26,27)20(21(30)28-11-13-9-10-34-19(13)22(31)32)29-23(33)35-12-18-16-7-3-1-5-14(16)15-6-2-4-8-17(15)18/h1-8,13,18-20H,9-12H2,(H,28,30)(H,29,33)(H,31,32)/t13-,19-,20?/m0/s1. The number of carboxylic acids is 1. The van der Waals surface area contributed by atoms with Crippen LogP contribution < -0.4 is 10.6 Å². The Hall–Kier alpha value is -3.60. The number of fused-ring (bicyclic) bond motifs is 3. The molecule has 2 aromatic rings. The number of amides is 2. The first-order valence-electron chi connectivity index (χ1n) is 11.0. The average Bonchev–Trinajstić information content (AvgIpc) is 3.42. The third-order valence-corrected chi connectivity index (χ3v) is 6.19. The Bertz CT molecular complexity index is 1080. The van der Waals surface area contributed by atoms with E-state index in [4.69, 9.17) is 14.6 Å². The first-order valence-corrected chi connectivity index (χ1v) is 11.0. The van der Waals surface area contributed by atoms with Crippen LogP contribution in [0.4, 0.5) is 18.0 Å². The van der Waals surface area contributed by atoms with Crippen LogP contribution in [0.1, 0.15) is 23.5 Å². The van der Waals surface area contributed by atoms with Crippen molar-refractivity contribution < 1.29 is 42.1 Å². The Labute approximate surface area is 198 Å². The molecule has 2 aliphatic rings. The fraction of sp³-hybridized carbons (Fsp3) is 0.375. The summed E-state index contributed by atoms with van der Waals surface area (Å²) in [4.78, 5) is 35.7. The summed E-state index contributed by atoms with van der Waals surface area (Å²) in [5.41, 5.74) is 3.69. The molecule has 1 unspecified atom stereocenters. The molecule has 3 N–H and O–H groups in total. The topological polar surface area (TPSA) is 114 Å². The Morgan fingerprint density at radius 1 is 1.06 bits per heavy atom. The van der Waals surface area contributed by atoms with E-state index in [1.54, 1.807) is 5.32 Å². The van der Waals surface area contributed by atoms with Crippen molar-refractivity contribution in [1.82, 2.24) is 10.6 Å². The zero-order chi connectivity index (χ0) is 25.2. The van der Waals surface area contributed by atoms with Gasteiger partial charge in [0.25, 0.3) is 5.91 Å². The van der Waals surface area contributed by atoms with E-state index in [1.165, 1.54) is 0 Å². The number of nitrogens with one attached hydrogen (secondary N) is 2. The molecule has 3 atom stereocenters. The van der Waals surface area contributed by atoms with Gasteiger partial charge in [-0.05, 0) is 28.7 Å². The maximum Gasteiger partial charge on any atom is 0.417 e. The number of hydrogen-bond acceptors (Lipinski definition) is 5. The molecule has 186 valence electrons. The quantitative estimate of drug-likeness (QED) is 0.548. The SMILES string of the molecule is O=C(NC(C(=O)NC[C@@H]1CCO[C@@H]1C(=O)O)C(F)(F)F)OCC1c2ccccc2-c2ccccc21. The molecule has 4 rings (SSSR count). The molecule has 0 saturated carbocycles. The molecule has 0 radical (unpaired) electrons. The van der Waals surface area contributed by atoms with Crippen molar-refractivity contribution in [3.05, 3.63) is 59.7 Å². The number of carbonyl (C=O) groups is 3. The summed E-state index contributed by atoms with van der Waals surface area (Å²) in [5, 5.41) is 12.8. The molecule has 1 aliphatic heterocycles. The minimum atomic E-state index is -5.09. The van der Waals surface area contributed by atoms with Crippen molar-refractivity contribution in [2.24, 2.45) is 5.92 Å². The first kappa shape index (κ1) is 24.5. The van der Waals surface area contributed by atoms with Gasteiger partial charge >= 0.3 is 18.2 Å². The zero-order valence-electron chi connectivity index (χ0n) is 18.4. The predicted molar refractivity (Wildman–Crippen MR) is 117 cm³/mol. The van der Waals surface area contributed by atoms with E-state index < -0.39 is 42.2 Å². The number of rotatable bonds is 7. The number of hydrogen-bond donors (Lipinski definition) is 3. The third-order valence-electron chi connectivity index (χ3n) is 6.19. The zero-order valence-corrected chi connectivity index (χ0v) is 18.4. The van der Waals surface area contributed by atoms with Crippen molar-refractivity contribution in [2.75, 3.05) is 19.8 Å². The molecule has 0 aromatic heterocycles. The highest BCUT2D eigenvalue weighted by Crippen LogP contribution is 2.44. The van der Waals surface area contributed by atoms with Crippen molar-refractivity contribution in [2.45, 2.75) is 30.7 Å². The van der Waals surface area contributed by atoms with Gasteiger partial charge in [0.05, 0.1) is 0 Å². The maximum absolute atomic E-state index is 13.5. The van der Waals surface area contributed by atoms with E-state index in [-0.39, 0.29) is 32.1 Å². The second-order valence-electron chi connectivity index (χ2n) is 8.37. The minimum absolute atomic E-state index is 0.123. The van der Waals surface area contributed by atoms with Gasteiger partial charge in [-0.1, -0.05) is 48.5 Å². The van der Waals surface area contributed by atoms with Gasteiger partial charge in [-0.2, -0.15) is 13.2 Å². The van der Waals surface area contributed by atoms with Gasteiger partial charge in [-0.25, -0.2) is 9.59 Å². The Morgan fingerprint density at radius 3 is 2.23 bits per heavy atom. The summed E-state index contributed by atoms with van der Waals surface area (Å²) < 4.78 is 50.7. The molecule has 8 nitrogen and oxygen atoms in total. The molecule has 35 heavy (non-hydrogen) atoms. The highest BCUT2D eigenvalue weighted by atomic mass is 19.4. The van der Waals surface area contributed by atoms with Crippen LogP contribution in [0.2, 0.25) is 0 Å². The normalized spacial score (nSPS) is 20.0. The van der Waals surface area contributed by atoms with Crippen molar-refractivity contribution >= 4 is 18.0 Å². The van der Waals surface area contributed by atoms with Crippen LogP contribution in [-0.4, -0.2) is 61.2 Å². The van der Waals surface area contributed by atoms with Gasteiger partial charge in [-0.15, -0.1) is 0 Å². The number of ether oxygens (including phenoxy) is 2. The molecule has 1 aliphatic carbocycles. The molecule has 2 aromatic carbocycles. The first-order chi connectivity index (χ1) is 16.7. The highest BCUT2D eigenvalue weighted by molar-refractivity contribution is 5.86. The molecule has 2 amide bonds. The summed E-state index contributed by atoms with van der Waals surface area (Å²) in [5.74, 6) is -3.81. The van der Waals surface area contributed by atoms with Crippen molar-refractivity contribution in [1.29, 1.82) is 0 Å². The lowest BCUT2D eigenvalue weighted by molar-refractivity contribution is -0.168. The highest BCUT2D eigenvalue weighted by Gasteiger charge is 2.47. The molecule has 0 spiro atoms. The van der Waals surface area contributed by atoms with E-state index in [2.05, 4.69) is 5.32 Å². The van der Waals surface area contributed by atoms with Crippen LogP contribution in [0.3, 0.4) is 0 Å².